The zero-order valence-electron chi connectivity index (χ0n) is 12.9. The fourth-order valence-corrected chi connectivity index (χ4v) is 2.54. The highest BCUT2D eigenvalue weighted by Gasteiger charge is 2.21. The van der Waals surface area contributed by atoms with Crippen LogP contribution in [-0.2, 0) is 11.2 Å². The molecule has 0 radical (unpaired) electrons. The van der Waals surface area contributed by atoms with Gasteiger partial charge in [-0.05, 0) is 18.2 Å². The first-order chi connectivity index (χ1) is 10.9. The van der Waals surface area contributed by atoms with E-state index in [9.17, 15) is 0 Å². The number of aromatic nitrogens is 4. The zero-order valence-corrected chi connectivity index (χ0v) is 14.5. The van der Waals surface area contributed by atoms with Crippen molar-refractivity contribution in [2.45, 2.75) is 37.2 Å². The fraction of sp³-hybridized carbons (Fsp3) is 0.333. The number of halogens is 1. The lowest BCUT2D eigenvalue weighted by atomic mass is 9.96. The Bertz CT molecular complexity index is 810. The summed E-state index contributed by atoms with van der Waals surface area (Å²) in [4.78, 5) is 4.37. The quantitative estimate of drug-likeness (QED) is 0.646. The van der Waals surface area contributed by atoms with Gasteiger partial charge in [-0.1, -0.05) is 55.4 Å². The Balaban J connectivity index is 1.67. The summed E-state index contributed by atoms with van der Waals surface area (Å²) in [5.41, 5.74) is 0.640. The van der Waals surface area contributed by atoms with Crippen molar-refractivity contribution in [1.29, 1.82) is 0 Å². The molecule has 0 amide bonds. The van der Waals surface area contributed by atoms with Gasteiger partial charge in [0.05, 0.1) is 5.75 Å². The van der Waals surface area contributed by atoms with E-state index in [0.717, 1.165) is 5.56 Å². The van der Waals surface area contributed by atoms with E-state index in [2.05, 4.69) is 20.3 Å². The van der Waals surface area contributed by atoms with Gasteiger partial charge in [0.25, 0.3) is 5.22 Å². The molecule has 120 valence electrons. The third-order valence-electron chi connectivity index (χ3n) is 2.94. The minimum absolute atomic E-state index is 0.142. The lowest BCUT2D eigenvalue weighted by molar-refractivity contribution is 0.372. The first-order valence-electron chi connectivity index (χ1n) is 6.97. The highest BCUT2D eigenvalue weighted by Crippen LogP contribution is 2.27. The first-order valence-corrected chi connectivity index (χ1v) is 8.33. The van der Waals surface area contributed by atoms with Gasteiger partial charge in [0, 0.05) is 16.0 Å². The van der Waals surface area contributed by atoms with Crippen LogP contribution in [0.1, 0.15) is 32.5 Å². The Hall–Kier alpha value is -1.86. The van der Waals surface area contributed by atoms with E-state index < -0.39 is 0 Å². The van der Waals surface area contributed by atoms with Crippen LogP contribution < -0.4 is 0 Å². The Kier molecular flexibility index (Phi) is 4.41. The molecule has 0 unspecified atom stereocenters. The summed E-state index contributed by atoms with van der Waals surface area (Å²) in [5, 5.41) is 13.1. The molecule has 0 N–H and O–H groups in total. The van der Waals surface area contributed by atoms with Crippen molar-refractivity contribution >= 4 is 23.4 Å². The van der Waals surface area contributed by atoms with Gasteiger partial charge in [-0.2, -0.15) is 4.98 Å². The predicted molar refractivity (Wildman–Crippen MR) is 87.3 cm³/mol. The third kappa shape index (κ3) is 3.92. The van der Waals surface area contributed by atoms with E-state index in [1.807, 2.05) is 32.9 Å². The zero-order chi connectivity index (χ0) is 16.4. The summed E-state index contributed by atoms with van der Waals surface area (Å²) in [7, 11) is 0. The van der Waals surface area contributed by atoms with Crippen LogP contribution in [0.5, 0.6) is 0 Å². The molecular formula is C15H15ClN4O2S. The highest BCUT2D eigenvalue weighted by molar-refractivity contribution is 7.98. The maximum absolute atomic E-state index is 5.96. The maximum Gasteiger partial charge on any atom is 0.277 e. The molecule has 6 nitrogen and oxygen atoms in total. The minimum atomic E-state index is -0.142. The van der Waals surface area contributed by atoms with Gasteiger partial charge in [-0.3, -0.25) is 0 Å². The molecule has 3 aromatic rings. The lowest BCUT2D eigenvalue weighted by Gasteiger charge is -2.10. The second kappa shape index (κ2) is 6.33. The molecule has 0 spiro atoms. The third-order valence-corrected chi connectivity index (χ3v) is 3.97. The lowest BCUT2D eigenvalue weighted by Crippen LogP contribution is -2.13. The van der Waals surface area contributed by atoms with Crippen molar-refractivity contribution in [2.75, 3.05) is 0 Å². The average molecular weight is 351 g/mol. The van der Waals surface area contributed by atoms with Gasteiger partial charge in [0.15, 0.2) is 5.82 Å². The van der Waals surface area contributed by atoms with Crippen LogP contribution in [0.4, 0.5) is 0 Å². The summed E-state index contributed by atoms with van der Waals surface area (Å²) in [5.74, 6) is 2.11. The number of nitrogens with zero attached hydrogens (tertiary/aromatic N) is 4. The van der Waals surface area contributed by atoms with Crippen molar-refractivity contribution in [3.8, 4) is 11.5 Å². The minimum Gasteiger partial charge on any atom is -0.411 e. The van der Waals surface area contributed by atoms with Gasteiger partial charge >= 0.3 is 0 Å². The largest absolute Gasteiger partial charge is 0.411 e. The number of benzene rings is 1. The molecule has 0 saturated heterocycles. The molecule has 0 saturated carbocycles. The molecular weight excluding hydrogens is 336 g/mol. The molecule has 0 aliphatic carbocycles. The molecule has 23 heavy (non-hydrogen) atoms. The van der Waals surface area contributed by atoms with Crippen LogP contribution in [0, 0.1) is 0 Å². The topological polar surface area (TPSA) is 77.8 Å². The molecule has 3 rings (SSSR count). The van der Waals surface area contributed by atoms with Crippen molar-refractivity contribution in [3.63, 3.8) is 0 Å². The summed E-state index contributed by atoms with van der Waals surface area (Å²) in [6.07, 6.45) is 0. The van der Waals surface area contributed by atoms with Crippen LogP contribution in [0.2, 0.25) is 5.02 Å². The smallest absolute Gasteiger partial charge is 0.277 e. The Morgan fingerprint density at radius 2 is 2.04 bits per heavy atom. The normalized spacial score (nSPS) is 11.8. The van der Waals surface area contributed by atoms with E-state index in [1.165, 1.54) is 11.8 Å². The SMILES string of the molecule is CC(C)(C)c1noc(CSc2nnc(-c3cccc(Cl)c3)o2)n1. The van der Waals surface area contributed by atoms with Crippen LogP contribution in [0.3, 0.4) is 0 Å². The Labute approximate surface area is 142 Å². The molecule has 2 heterocycles. The molecule has 2 aromatic heterocycles. The standard InChI is InChI=1S/C15H15ClN4O2S/c1-15(2,3)13-17-11(22-20-13)8-23-14-19-18-12(21-14)9-5-4-6-10(16)7-9/h4-7H,8H2,1-3H3. The summed E-state index contributed by atoms with van der Waals surface area (Å²) < 4.78 is 10.8. The van der Waals surface area contributed by atoms with E-state index in [0.29, 0.717) is 33.6 Å². The van der Waals surface area contributed by atoms with Crippen LogP contribution in [0.15, 0.2) is 38.4 Å². The molecule has 0 aliphatic heterocycles. The van der Waals surface area contributed by atoms with Crippen molar-refractivity contribution < 1.29 is 8.94 Å². The molecule has 0 fully saturated rings. The monoisotopic (exact) mass is 350 g/mol. The first kappa shape index (κ1) is 16.0. The maximum atomic E-state index is 5.96. The van der Waals surface area contributed by atoms with Crippen molar-refractivity contribution in [1.82, 2.24) is 20.3 Å². The summed E-state index contributed by atoms with van der Waals surface area (Å²) >= 11 is 7.31. The van der Waals surface area contributed by atoms with E-state index in [1.54, 1.807) is 12.1 Å². The van der Waals surface area contributed by atoms with Crippen LogP contribution >= 0.6 is 23.4 Å². The van der Waals surface area contributed by atoms with Gasteiger partial charge < -0.3 is 8.94 Å². The van der Waals surface area contributed by atoms with Crippen molar-refractivity contribution in [2.24, 2.45) is 0 Å². The van der Waals surface area contributed by atoms with E-state index in [4.69, 9.17) is 20.5 Å². The molecule has 0 aliphatic rings. The molecule has 0 atom stereocenters. The number of thioether (sulfide) groups is 1. The second-order valence-electron chi connectivity index (χ2n) is 5.93. The number of hydrogen-bond donors (Lipinski definition) is 0. The number of rotatable bonds is 4. The van der Waals surface area contributed by atoms with Crippen LogP contribution in [-0.4, -0.2) is 20.3 Å². The van der Waals surface area contributed by atoms with Gasteiger partial charge in [0.1, 0.15) is 0 Å². The highest BCUT2D eigenvalue weighted by atomic mass is 35.5. The number of hydrogen-bond acceptors (Lipinski definition) is 7. The fourth-order valence-electron chi connectivity index (χ4n) is 1.75. The molecule has 1 aromatic carbocycles. The Morgan fingerprint density at radius 1 is 1.22 bits per heavy atom. The van der Waals surface area contributed by atoms with E-state index in [-0.39, 0.29) is 5.41 Å². The second-order valence-corrected chi connectivity index (χ2v) is 7.30. The molecule has 0 bridgehead atoms. The van der Waals surface area contributed by atoms with E-state index >= 15 is 0 Å². The average Bonchev–Trinajstić information content (AvgIpc) is 3.14. The summed E-state index contributed by atoms with van der Waals surface area (Å²) in [6, 6.07) is 7.26. The van der Waals surface area contributed by atoms with Crippen LogP contribution in [0.25, 0.3) is 11.5 Å². The van der Waals surface area contributed by atoms with Gasteiger partial charge in [0.2, 0.25) is 11.8 Å². The predicted octanol–water partition coefficient (Wildman–Crippen LogP) is 4.36. The Morgan fingerprint density at radius 3 is 2.74 bits per heavy atom. The summed E-state index contributed by atoms with van der Waals surface area (Å²) in [6.45, 7) is 6.10. The molecule has 8 heteroatoms. The van der Waals surface area contributed by atoms with Gasteiger partial charge in [-0.25, -0.2) is 0 Å². The van der Waals surface area contributed by atoms with Gasteiger partial charge in [-0.15, -0.1) is 10.2 Å². The van der Waals surface area contributed by atoms with Crippen molar-refractivity contribution in [3.05, 3.63) is 41.0 Å².